The molecule has 0 saturated carbocycles. The topological polar surface area (TPSA) is 20.3 Å². The van der Waals surface area contributed by atoms with Crippen molar-refractivity contribution >= 4 is 34.7 Å². The van der Waals surface area contributed by atoms with Crippen LogP contribution >= 0.6 is 23.2 Å². The van der Waals surface area contributed by atoms with Gasteiger partial charge in [-0.3, -0.25) is 4.79 Å². The van der Waals surface area contributed by atoms with Crippen molar-refractivity contribution in [2.24, 2.45) is 0 Å². The first-order chi connectivity index (χ1) is 8.65. The molecule has 1 aromatic carbocycles. The van der Waals surface area contributed by atoms with Gasteiger partial charge in [-0.2, -0.15) is 0 Å². The van der Waals surface area contributed by atoms with Crippen LogP contribution in [0.15, 0.2) is 18.2 Å². The zero-order valence-corrected chi connectivity index (χ0v) is 11.5. The van der Waals surface area contributed by atoms with Crippen molar-refractivity contribution in [1.82, 2.24) is 0 Å². The number of hydrogen-bond acceptors (Lipinski definition) is 2. The van der Waals surface area contributed by atoms with Crippen LogP contribution in [0.4, 0.5) is 5.69 Å². The summed E-state index contributed by atoms with van der Waals surface area (Å²) in [6, 6.07) is 6.47. The first kappa shape index (κ1) is 12.3. The van der Waals surface area contributed by atoms with Gasteiger partial charge in [0, 0.05) is 30.6 Å². The Balaban J connectivity index is 1.95. The highest BCUT2D eigenvalue weighted by Gasteiger charge is 2.37. The second-order valence-corrected chi connectivity index (χ2v) is 6.01. The van der Waals surface area contributed by atoms with Crippen LogP contribution in [-0.2, 0) is 4.79 Å². The van der Waals surface area contributed by atoms with E-state index >= 15 is 0 Å². The smallest absolute Gasteiger partial charge is 0.137 e. The van der Waals surface area contributed by atoms with Crippen LogP contribution in [-0.4, -0.2) is 17.9 Å². The number of carbonyl (C=O) groups excluding carboxylic acids is 1. The van der Waals surface area contributed by atoms with Crippen molar-refractivity contribution in [3.63, 3.8) is 0 Å². The summed E-state index contributed by atoms with van der Waals surface area (Å²) >= 11 is 12.1. The molecule has 3 rings (SSSR count). The number of piperidine rings is 2. The molecule has 2 aliphatic heterocycles. The first-order valence-electron chi connectivity index (χ1n) is 6.40. The van der Waals surface area contributed by atoms with Gasteiger partial charge in [-0.25, -0.2) is 0 Å². The van der Waals surface area contributed by atoms with E-state index in [1.165, 1.54) is 6.42 Å². The van der Waals surface area contributed by atoms with E-state index in [9.17, 15) is 4.79 Å². The summed E-state index contributed by atoms with van der Waals surface area (Å²) in [4.78, 5) is 14.1. The van der Waals surface area contributed by atoms with E-state index in [1.807, 2.05) is 18.2 Å². The Hall–Kier alpha value is -0.730. The second kappa shape index (κ2) is 4.75. The van der Waals surface area contributed by atoms with Gasteiger partial charge in [0.25, 0.3) is 0 Å². The van der Waals surface area contributed by atoms with Crippen molar-refractivity contribution in [3.05, 3.63) is 28.2 Å². The molecule has 2 atom stereocenters. The van der Waals surface area contributed by atoms with Gasteiger partial charge < -0.3 is 4.90 Å². The van der Waals surface area contributed by atoms with E-state index in [4.69, 9.17) is 23.2 Å². The highest BCUT2D eigenvalue weighted by Crippen LogP contribution is 2.38. The summed E-state index contributed by atoms with van der Waals surface area (Å²) in [6.45, 7) is 0. The molecule has 0 N–H and O–H groups in total. The molecule has 18 heavy (non-hydrogen) atoms. The van der Waals surface area contributed by atoms with Crippen molar-refractivity contribution in [1.29, 1.82) is 0 Å². The fourth-order valence-electron chi connectivity index (χ4n) is 3.24. The van der Waals surface area contributed by atoms with Crippen LogP contribution in [0, 0.1) is 0 Å². The van der Waals surface area contributed by atoms with E-state index in [1.54, 1.807) is 0 Å². The molecule has 2 aliphatic rings. The normalized spacial score (nSPS) is 27.4. The molecular weight excluding hydrogens is 269 g/mol. The zero-order valence-electron chi connectivity index (χ0n) is 10.0. The Morgan fingerprint density at radius 3 is 2.33 bits per heavy atom. The molecule has 96 valence electrons. The molecular formula is C14H15Cl2NO. The highest BCUT2D eigenvalue weighted by atomic mass is 35.5. The number of Topliss-reactive ketones (excluding diaryl/α,β-unsaturated/α-hetero) is 1. The van der Waals surface area contributed by atoms with Crippen LogP contribution in [0.2, 0.25) is 10.0 Å². The third kappa shape index (κ3) is 2.12. The van der Waals surface area contributed by atoms with Crippen molar-refractivity contribution in [3.8, 4) is 0 Å². The maximum absolute atomic E-state index is 11.7. The summed E-state index contributed by atoms with van der Waals surface area (Å²) in [5.41, 5.74) is 1.10. The van der Waals surface area contributed by atoms with Crippen molar-refractivity contribution in [2.45, 2.75) is 44.2 Å². The predicted octanol–water partition coefficient (Wildman–Crippen LogP) is 4.08. The van der Waals surface area contributed by atoms with Gasteiger partial charge in [0.1, 0.15) is 5.78 Å². The van der Waals surface area contributed by atoms with Crippen LogP contribution < -0.4 is 4.90 Å². The lowest BCUT2D eigenvalue weighted by Crippen LogP contribution is -2.52. The lowest BCUT2D eigenvalue weighted by Gasteiger charge is -2.47. The van der Waals surface area contributed by atoms with E-state index in [0.29, 0.717) is 40.8 Å². The van der Waals surface area contributed by atoms with Gasteiger partial charge >= 0.3 is 0 Å². The summed E-state index contributed by atoms with van der Waals surface area (Å²) in [6.07, 6.45) is 4.78. The molecule has 0 spiro atoms. The minimum absolute atomic E-state index is 0.349. The second-order valence-electron chi connectivity index (χ2n) is 5.19. The number of fused-ring (bicyclic) bond motifs is 2. The number of nitrogens with zero attached hydrogens (tertiary/aromatic N) is 1. The fourth-order valence-corrected chi connectivity index (χ4v) is 3.53. The quantitative estimate of drug-likeness (QED) is 0.774. The minimum atomic E-state index is 0.349. The van der Waals surface area contributed by atoms with E-state index in [0.717, 1.165) is 18.5 Å². The minimum Gasteiger partial charge on any atom is -0.365 e. The predicted molar refractivity (Wildman–Crippen MR) is 74.6 cm³/mol. The largest absolute Gasteiger partial charge is 0.365 e. The number of anilines is 1. The van der Waals surface area contributed by atoms with Gasteiger partial charge in [-0.15, -0.1) is 0 Å². The molecule has 2 saturated heterocycles. The molecule has 1 aromatic rings. The third-order valence-corrected chi connectivity index (χ3v) is 4.73. The van der Waals surface area contributed by atoms with Crippen LogP contribution in [0.25, 0.3) is 0 Å². The average molecular weight is 284 g/mol. The molecule has 0 radical (unpaired) electrons. The fraction of sp³-hybridized carbons (Fsp3) is 0.500. The Morgan fingerprint density at radius 2 is 1.72 bits per heavy atom. The molecule has 2 heterocycles. The van der Waals surface area contributed by atoms with E-state index < -0.39 is 0 Å². The molecule has 2 bridgehead atoms. The summed E-state index contributed by atoms with van der Waals surface area (Å²) in [5.74, 6) is 0.404. The number of carbonyl (C=O) groups is 1. The molecule has 0 aliphatic carbocycles. The van der Waals surface area contributed by atoms with Gasteiger partial charge in [0.15, 0.2) is 0 Å². The number of ketones is 1. The third-order valence-electron chi connectivity index (χ3n) is 3.99. The van der Waals surface area contributed by atoms with Crippen molar-refractivity contribution in [2.75, 3.05) is 4.90 Å². The number of hydrogen-bond donors (Lipinski definition) is 0. The lowest BCUT2D eigenvalue weighted by atomic mass is 9.83. The van der Waals surface area contributed by atoms with Crippen LogP contribution in [0.1, 0.15) is 32.1 Å². The van der Waals surface area contributed by atoms with E-state index in [-0.39, 0.29) is 0 Å². The zero-order chi connectivity index (χ0) is 12.7. The Morgan fingerprint density at radius 1 is 1.06 bits per heavy atom. The SMILES string of the molecule is O=C1CC2CCCC(C1)N2c1ccc(Cl)c(Cl)c1. The molecule has 2 nitrogen and oxygen atoms in total. The lowest BCUT2D eigenvalue weighted by molar-refractivity contribution is -0.121. The highest BCUT2D eigenvalue weighted by molar-refractivity contribution is 6.42. The first-order valence-corrected chi connectivity index (χ1v) is 7.16. The number of halogens is 2. The van der Waals surface area contributed by atoms with Crippen LogP contribution in [0.3, 0.4) is 0 Å². The maximum atomic E-state index is 11.7. The Kier molecular flexibility index (Phi) is 3.25. The molecule has 4 heteroatoms. The Labute approximate surface area is 117 Å². The van der Waals surface area contributed by atoms with Gasteiger partial charge in [0.05, 0.1) is 10.0 Å². The summed E-state index contributed by atoms with van der Waals surface area (Å²) in [7, 11) is 0. The Bertz CT molecular complexity index is 473. The van der Waals surface area contributed by atoms with Crippen molar-refractivity contribution < 1.29 is 4.79 Å². The monoisotopic (exact) mass is 283 g/mol. The van der Waals surface area contributed by atoms with Gasteiger partial charge in [-0.1, -0.05) is 23.2 Å². The summed E-state index contributed by atoms with van der Waals surface area (Å²) in [5, 5.41) is 1.17. The summed E-state index contributed by atoms with van der Waals surface area (Å²) < 4.78 is 0. The number of rotatable bonds is 1. The average Bonchev–Trinajstić information content (AvgIpc) is 2.32. The van der Waals surface area contributed by atoms with Gasteiger partial charge in [0.2, 0.25) is 0 Å². The molecule has 2 fully saturated rings. The molecule has 0 aromatic heterocycles. The standard InChI is InChI=1S/C14H15Cl2NO/c15-13-5-4-11(8-14(13)16)17-9-2-1-3-10(17)7-12(18)6-9/h4-5,8-10H,1-3,6-7H2. The van der Waals surface area contributed by atoms with Crippen LogP contribution in [0.5, 0.6) is 0 Å². The van der Waals surface area contributed by atoms with Gasteiger partial charge in [-0.05, 0) is 37.5 Å². The molecule has 0 amide bonds. The van der Waals surface area contributed by atoms with E-state index in [2.05, 4.69) is 4.90 Å². The maximum Gasteiger partial charge on any atom is 0.137 e. The number of benzene rings is 1. The molecule has 2 unspecified atom stereocenters.